The molecule has 1 heteroatoms. The summed E-state index contributed by atoms with van der Waals surface area (Å²) in [5, 5.41) is 0. The standard InChI is InChI=1S/C15H18O/c1-10-4-2-5-11(8-10)9-14(16)15-12-6-3-7-13(12)15/h2,4-5,8,12-13,15H,3,6-7,9H2,1H3. The number of aryl methyl sites for hydroxylation is 1. The highest BCUT2D eigenvalue weighted by atomic mass is 16.1. The maximum atomic E-state index is 12.1. The lowest BCUT2D eigenvalue weighted by atomic mass is 10.0. The summed E-state index contributed by atoms with van der Waals surface area (Å²) in [6.45, 7) is 2.08. The maximum absolute atomic E-state index is 12.1. The lowest BCUT2D eigenvalue weighted by Crippen LogP contribution is -2.09. The van der Waals surface area contributed by atoms with Gasteiger partial charge in [-0.05, 0) is 37.2 Å². The fraction of sp³-hybridized carbons (Fsp3) is 0.533. The first-order valence-electron chi connectivity index (χ1n) is 6.34. The van der Waals surface area contributed by atoms with Crippen molar-refractivity contribution in [1.29, 1.82) is 0 Å². The Labute approximate surface area is 96.9 Å². The van der Waals surface area contributed by atoms with E-state index in [-0.39, 0.29) is 0 Å². The molecule has 0 N–H and O–H groups in total. The zero-order chi connectivity index (χ0) is 11.1. The van der Waals surface area contributed by atoms with Crippen LogP contribution in [0.5, 0.6) is 0 Å². The molecular formula is C15H18O. The number of hydrogen-bond acceptors (Lipinski definition) is 1. The third kappa shape index (κ3) is 1.68. The molecule has 2 aliphatic rings. The molecule has 0 radical (unpaired) electrons. The van der Waals surface area contributed by atoms with Gasteiger partial charge in [-0.25, -0.2) is 0 Å². The van der Waals surface area contributed by atoms with Gasteiger partial charge in [0.2, 0.25) is 0 Å². The van der Waals surface area contributed by atoms with Gasteiger partial charge in [0.05, 0.1) is 0 Å². The highest BCUT2D eigenvalue weighted by Crippen LogP contribution is 2.58. The Morgan fingerprint density at radius 3 is 2.75 bits per heavy atom. The van der Waals surface area contributed by atoms with Crippen molar-refractivity contribution in [2.45, 2.75) is 32.6 Å². The molecule has 0 spiro atoms. The summed E-state index contributed by atoms with van der Waals surface area (Å²) in [5.41, 5.74) is 2.44. The lowest BCUT2D eigenvalue weighted by Gasteiger charge is -2.04. The molecular weight excluding hydrogens is 196 g/mol. The highest BCUT2D eigenvalue weighted by Gasteiger charge is 2.55. The molecule has 0 aromatic heterocycles. The van der Waals surface area contributed by atoms with Crippen LogP contribution in [0.2, 0.25) is 0 Å². The van der Waals surface area contributed by atoms with Crippen LogP contribution in [0.25, 0.3) is 0 Å². The molecule has 2 aliphatic carbocycles. The molecule has 0 bridgehead atoms. The molecule has 2 fully saturated rings. The molecule has 0 heterocycles. The van der Waals surface area contributed by atoms with Gasteiger partial charge in [0.15, 0.2) is 0 Å². The summed E-state index contributed by atoms with van der Waals surface area (Å²) >= 11 is 0. The molecule has 16 heavy (non-hydrogen) atoms. The first-order valence-corrected chi connectivity index (χ1v) is 6.34. The van der Waals surface area contributed by atoms with Crippen molar-refractivity contribution in [2.24, 2.45) is 17.8 Å². The average molecular weight is 214 g/mol. The van der Waals surface area contributed by atoms with Crippen LogP contribution in [0, 0.1) is 24.7 Å². The largest absolute Gasteiger partial charge is 0.299 e. The first-order chi connectivity index (χ1) is 7.75. The van der Waals surface area contributed by atoms with Gasteiger partial charge in [0.25, 0.3) is 0 Å². The van der Waals surface area contributed by atoms with Gasteiger partial charge in [-0.2, -0.15) is 0 Å². The Balaban J connectivity index is 1.65. The third-order valence-electron chi connectivity index (χ3n) is 4.24. The van der Waals surface area contributed by atoms with Crippen molar-refractivity contribution in [3.05, 3.63) is 35.4 Å². The van der Waals surface area contributed by atoms with E-state index in [2.05, 4.69) is 25.1 Å². The van der Waals surface area contributed by atoms with E-state index >= 15 is 0 Å². The Hall–Kier alpha value is -1.11. The number of benzene rings is 1. The van der Waals surface area contributed by atoms with Crippen molar-refractivity contribution < 1.29 is 4.79 Å². The second-order valence-corrected chi connectivity index (χ2v) is 5.42. The van der Waals surface area contributed by atoms with Crippen molar-refractivity contribution in [3.63, 3.8) is 0 Å². The highest BCUT2D eigenvalue weighted by molar-refractivity contribution is 5.86. The molecule has 0 saturated heterocycles. The van der Waals surface area contributed by atoms with Gasteiger partial charge in [-0.15, -0.1) is 0 Å². The molecule has 84 valence electrons. The number of carbonyl (C=O) groups is 1. The third-order valence-corrected chi connectivity index (χ3v) is 4.24. The lowest BCUT2D eigenvalue weighted by molar-refractivity contribution is -0.120. The second-order valence-electron chi connectivity index (χ2n) is 5.42. The van der Waals surface area contributed by atoms with Crippen LogP contribution < -0.4 is 0 Å². The minimum atomic E-state index is 0.425. The van der Waals surface area contributed by atoms with Gasteiger partial charge in [0.1, 0.15) is 5.78 Å². The van der Waals surface area contributed by atoms with Crippen LogP contribution in [0.4, 0.5) is 0 Å². The predicted octanol–water partition coefficient (Wildman–Crippen LogP) is 3.15. The summed E-state index contributed by atoms with van der Waals surface area (Å²) in [6, 6.07) is 8.34. The molecule has 1 aromatic carbocycles. The Morgan fingerprint density at radius 2 is 2.06 bits per heavy atom. The van der Waals surface area contributed by atoms with E-state index in [1.165, 1.54) is 30.4 Å². The Morgan fingerprint density at radius 1 is 1.31 bits per heavy atom. The van der Waals surface area contributed by atoms with Crippen molar-refractivity contribution in [3.8, 4) is 0 Å². The number of ketones is 1. The molecule has 1 nitrogen and oxygen atoms in total. The van der Waals surface area contributed by atoms with Crippen molar-refractivity contribution >= 4 is 5.78 Å². The molecule has 3 rings (SSSR count). The van der Waals surface area contributed by atoms with Crippen LogP contribution in [-0.2, 0) is 11.2 Å². The van der Waals surface area contributed by atoms with E-state index in [1.807, 2.05) is 6.07 Å². The quantitative estimate of drug-likeness (QED) is 0.755. The molecule has 2 saturated carbocycles. The summed E-state index contributed by atoms with van der Waals surface area (Å²) in [7, 11) is 0. The zero-order valence-electron chi connectivity index (χ0n) is 9.78. The predicted molar refractivity (Wildman–Crippen MR) is 64.2 cm³/mol. The van der Waals surface area contributed by atoms with E-state index in [4.69, 9.17) is 0 Å². The summed E-state index contributed by atoms with van der Waals surface area (Å²) in [5.74, 6) is 2.43. The number of carbonyl (C=O) groups excluding carboxylic acids is 1. The number of Topliss-reactive ketones (excluding diaryl/α,β-unsaturated/α-hetero) is 1. The smallest absolute Gasteiger partial charge is 0.140 e. The van der Waals surface area contributed by atoms with E-state index in [0.29, 0.717) is 18.1 Å². The number of hydrogen-bond donors (Lipinski definition) is 0. The molecule has 0 aliphatic heterocycles. The van der Waals surface area contributed by atoms with Crippen LogP contribution in [0.1, 0.15) is 30.4 Å². The molecule has 1 aromatic rings. The van der Waals surface area contributed by atoms with Crippen molar-refractivity contribution in [1.82, 2.24) is 0 Å². The van der Waals surface area contributed by atoms with E-state index in [9.17, 15) is 4.79 Å². The van der Waals surface area contributed by atoms with Gasteiger partial charge in [-0.3, -0.25) is 4.79 Å². The zero-order valence-corrected chi connectivity index (χ0v) is 9.78. The minimum absolute atomic E-state index is 0.425. The van der Waals surface area contributed by atoms with Crippen LogP contribution >= 0.6 is 0 Å². The molecule has 2 unspecified atom stereocenters. The normalized spacial score (nSPS) is 31.2. The monoisotopic (exact) mass is 214 g/mol. The molecule has 2 atom stereocenters. The van der Waals surface area contributed by atoms with Gasteiger partial charge < -0.3 is 0 Å². The van der Waals surface area contributed by atoms with Gasteiger partial charge in [-0.1, -0.05) is 36.2 Å². The van der Waals surface area contributed by atoms with Crippen LogP contribution in [-0.4, -0.2) is 5.78 Å². The van der Waals surface area contributed by atoms with Crippen molar-refractivity contribution in [2.75, 3.05) is 0 Å². The SMILES string of the molecule is Cc1cccc(CC(=O)C2C3CCCC32)c1. The van der Waals surface area contributed by atoms with Gasteiger partial charge in [0, 0.05) is 12.3 Å². The number of fused-ring (bicyclic) bond motifs is 1. The first kappa shape index (κ1) is 10.1. The van der Waals surface area contributed by atoms with E-state index < -0.39 is 0 Å². The topological polar surface area (TPSA) is 17.1 Å². The van der Waals surface area contributed by atoms with Crippen LogP contribution in [0.15, 0.2) is 24.3 Å². The second kappa shape index (κ2) is 3.73. The fourth-order valence-corrected chi connectivity index (χ4v) is 3.44. The fourth-order valence-electron chi connectivity index (χ4n) is 3.44. The van der Waals surface area contributed by atoms with Gasteiger partial charge >= 0.3 is 0 Å². The summed E-state index contributed by atoms with van der Waals surface area (Å²) < 4.78 is 0. The van der Waals surface area contributed by atoms with E-state index in [1.54, 1.807) is 0 Å². The summed E-state index contributed by atoms with van der Waals surface area (Å²) in [6.07, 6.45) is 4.60. The Kier molecular flexibility index (Phi) is 2.34. The summed E-state index contributed by atoms with van der Waals surface area (Å²) in [4.78, 5) is 12.1. The molecule has 0 amide bonds. The van der Waals surface area contributed by atoms with Crippen LogP contribution in [0.3, 0.4) is 0 Å². The minimum Gasteiger partial charge on any atom is -0.299 e. The maximum Gasteiger partial charge on any atom is 0.140 e. The van der Waals surface area contributed by atoms with E-state index in [0.717, 1.165) is 11.8 Å². The average Bonchev–Trinajstić information content (AvgIpc) is 2.73. The Bertz CT molecular complexity index is 411. The number of rotatable bonds is 3.